The Labute approximate surface area is 202 Å². The number of aliphatic hydroxyl groups excluding tert-OH is 1. The van der Waals surface area contributed by atoms with Gasteiger partial charge in [-0.1, -0.05) is 12.1 Å². The second kappa shape index (κ2) is 10.2. The molecule has 1 aromatic heterocycles. The largest absolute Gasteiger partial charge is 0.437 e. The first-order chi connectivity index (χ1) is 16.0. The molecule has 2 heterocycles. The van der Waals surface area contributed by atoms with Gasteiger partial charge in [0.05, 0.1) is 28.9 Å². The summed E-state index contributed by atoms with van der Waals surface area (Å²) in [4.78, 5) is 11.3. The number of aromatic nitrogens is 2. The van der Waals surface area contributed by atoms with Crippen LogP contribution in [-0.4, -0.2) is 34.2 Å². The van der Waals surface area contributed by atoms with Crippen LogP contribution in [-0.2, 0) is 6.61 Å². The molecule has 1 aliphatic rings. The smallest absolute Gasteiger partial charge is 0.238 e. The molecule has 3 aromatic rings. The van der Waals surface area contributed by atoms with Gasteiger partial charge in [0.25, 0.3) is 0 Å². The summed E-state index contributed by atoms with van der Waals surface area (Å²) in [5.74, 6) is 1.65. The number of ether oxygens (including phenoxy) is 1. The Bertz CT molecular complexity index is 1160. The number of aryl methyl sites for hydroxylation is 2. The van der Waals surface area contributed by atoms with Gasteiger partial charge < -0.3 is 20.1 Å². The molecule has 0 radical (unpaired) electrons. The molecule has 0 aliphatic carbocycles. The van der Waals surface area contributed by atoms with Crippen LogP contribution in [0.25, 0.3) is 0 Å². The lowest BCUT2D eigenvalue weighted by Gasteiger charge is -2.34. The van der Waals surface area contributed by atoms with Crippen molar-refractivity contribution >= 4 is 27.6 Å². The fourth-order valence-corrected chi connectivity index (χ4v) is 4.35. The van der Waals surface area contributed by atoms with Crippen LogP contribution in [0.4, 0.5) is 11.6 Å². The zero-order valence-corrected chi connectivity index (χ0v) is 20.3. The van der Waals surface area contributed by atoms with E-state index in [1.54, 1.807) is 18.3 Å². The third-order valence-electron chi connectivity index (χ3n) is 5.79. The topological polar surface area (TPSA) is 94.3 Å². The number of benzene rings is 2. The van der Waals surface area contributed by atoms with Gasteiger partial charge in [0.1, 0.15) is 5.75 Å². The molecule has 2 N–H and O–H groups in total. The van der Waals surface area contributed by atoms with E-state index >= 15 is 0 Å². The van der Waals surface area contributed by atoms with Gasteiger partial charge in [-0.25, -0.2) is 4.98 Å². The molecule has 1 fully saturated rings. The van der Waals surface area contributed by atoms with Crippen LogP contribution in [0.5, 0.6) is 11.6 Å². The van der Waals surface area contributed by atoms with Crippen LogP contribution in [0.15, 0.2) is 47.1 Å². The molecule has 33 heavy (non-hydrogen) atoms. The summed E-state index contributed by atoms with van der Waals surface area (Å²) in [6.07, 6.45) is 3.59. The monoisotopic (exact) mass is 507 g/mol. The Morgan fingerprint density at radius 3 is 2.61 bits per heavy atom. The van der Waals surface area contributed by atoms with Gasteiger partial charge in [-0.05, 0) is 83.6 Å². The Morgan fingerprint density at radius 1 is 1.21 bits per heavy atom. The van der Waals surface area contributed by atoms with Gasteiger partial charge in [0, 0.05) is 24.8 Å². The lowest BCUT2D eigenvalue weighted by atomic mass is 10.0. The van der Waals surface area contributed by atoms with E-state index in [1.165, 1.54) is 0 Å². The molecule has 4 rings (SSSR count). The fraction of sp³-hybridized carbons (Fsp3) is 0.320. The maximum absolute atomic E-state index is 9.39. The number of halogens is 1. The highest BCUT2D eigenvalue weighted by Crippen LogP contribution is 2.33. The number of nitriles is 1. The molecule has 0 unspecified atom stereocenters. The summed E-state index contributed by atoms with van der Waals surface area (Å²) in [6.45, 7) is 5.72. The number of hydrogen-bond acceptors (Lipinski definition) is 7. The first-order valence-electron chi connectivity index (χ1n) is 10.9. The number of hydrogen-bond donors (Lipinski definition) is 2. The van der Waals surface area contributed by atoms with Crippen molar-refractivity contribution in [1.29, 1.82) is 5.26 Å². The van der Waals surface area contributed by atoms with Gasteiger partial charge in [-0.2, -0.15) is 10.2 Å². The van der Waals surface area contributed by atoms with E-state index in [1.807, 2.05) is 32.0 Å². The Morgan fingerprint density at radius 2 is 1.94 bits per heavy atom. The highest BCUT2D eigenvalue weighted by Gasteiger charge is 2.21. The minimum Gasteiger partial charge on any atom is -0.437 e. The zero-order valence-electron chi connectivity index (χ0n) is 18.7. The summed E-state index contributed by atoms with van der Waals surface area (Å²) in [7, 11) is 0. The second-order valence-corrected chi connectivity index (χ2v) is 9.09. The molecule has 2 aromatic carbocycles. The average molecular weight is 508 g/mol. The van der Waals surface area contributed by atoms with Gasteiger partial charge in [-0.15, -0.1) is 0 Å². The number of piperidine rings is 1. The normalized spacial score (nSPS) is 14.1. The van der Waals surface area contributed by atoms with Crippen molar-refractivity contribution < 1.29 is 9.84 Å². The Hall–Kier alpha value is -3.15. The van der Waals surface area contributed by atoms with Gasteiger partial charge in [0.2, 0.25) is 11.8 Å². The van der Waals surface area contributed by atoms with Crippen LogP contribution in [0.3, 0.4) is 0 Å². The van der Waals surface area contributed by atoms with Crippen molar-refractivity contribution in [2.75, 3.05) is 23.3 Å². The third kappa shape index (κ3) is 5.44. The number of rotatable bonds is 6. The maximum atomic E-state index is 9.39. The Kier molecular flexibility index (Phi) is 7.11. The number of nitrogens with one attached hydrogen (secondary N) is 1. The molecule has 0 atom stereocenters. The highest BCUT2D eigenvalue weighted by atomic mass is 79.9. The van der Waals surface area contributed by atoms with E-state index < -0.39 is 0 Å². The second-order valence-electron chi connectivity index (χ2n) is 8.23. The number of anilines is 2. The van der Waals surface area contributed by atoms with Crippen molar-refractivity contribution in [3.8, 4) is 17.7 Å². The first kappa shape index (κ1) is 23.0. The van der Waals surface area contributed by atoms with E-state index in [-0.39, 0.29) is 12.6 Å². The van der Waals surface area contributed by atoms with Crippen molar-refractivity contribution in [1.82, 2.24) is 9.97 Å². The van der Waals surface area contributed by atoms with Crippen molar-refractivity contribution in [2.45, 2.75) is 39.3 Å². The lowest BCUT2D eigenvalue weighted by Crippen LogP contribution is -2.39. The average Bonchev–Trinajstić information content (AvgIpc) is 2.83. The highest BCUT2D eigenvalue weighted by molar-refractivity contribution is 9.10. The summed E-state index contributed by atoms with van der Waals surface area (Å²) in [6, 6.07) is 14.1. The van der Waals surface area contributed by atoms with E-state index in [4.69, 9.17) is 10.00 Å². The minimum atomic E-state index is 0.0543. The van der Waals surface area contributed by atoms with Crippen LogP contribution in [0.2, 0.25) is 0 Å². The van der Waals surface area contributed by atoms with Crippen LogP contribution < -0.4 is 15.0 Å². The molecular formula is C25H26BrN5O2. The SMILES string of the molecule is Cc1cc(C#N)cc(C)c1Oc1nc(NC2CCN(c3cccc(CO)c3)CC2)ncc1Br. The quantitative estimate of drug-likeness (QED) is 0.479. The van der Waals surface area contributed by atoms with Crippen molar-refractivity contribution in [2.24, 2.45) is 0 Å². The summed E-state index contributed by atoms with van der Waals surface area (Å²) < 4.78 is 6.78. The Balaban J connectivity index is 1.42. The zero-order chi connectivity index (χ0) is 23.4. The van der Waals surface area contributed by atoms with Crippen LogP contribution >= 0.6 is 15.9 Å². The molecule has 1 saturated heterocycles. The van der Waals surface area contributed by atoms with Crippen molar-refractivity contribution in [3.63, 3.8) is 0 Å². The minimum absolute atomic E-state index is 0.0543. The van der Waals surface area contributed by atoms with Gasteiger partial charge in [-0.3, -0.25) is 0 Å². The van der Waals surface area contributed by atoms with Crippen molar-refractivity contribution in [3.05, 3.63) is 69.3 Å². The van der Waals surface area contributed by atoms with E-state index in [0.29, 0.717) is 27.6 Å². The predicted octanol–water partition coefficient (Wildman–Crippen LogP) is 5.09. The van der Waals surface area contributed by atoms with Gasteiger partial charge >= 0.3 is 0 Å². The number of nitrogens with zero attached hydrogens (tertiary/aromatic N) is 4. The van der Waals surface area contributed by atoms with Crippen LogP contribution in [0.1, 0.15) is 35.1 Å². The maximum Gasteiger partial charge on any atom is 0.238 e. The summed E-state index contributed by atoms with van der Waals surface area (Å²) in [5, 5.41) is 22.0. The van der Waals surface area contributed by atoms with E-state index in [2.05, 4.69) is 48.3 Å². The number of aliphatic hydroxyl groups is 1. The molecule has 8 heteroatoms. The molecule has 1 aliphatic heterocycles. The lowest BCUT2D eigenvalue weighted by molar-refractivity contribution is 0.282. The molecule has 0 saturated carbocycles. The molecular weight excluding hydrogens is 482 g/mol. The fourth-order valence-electron chi connectivity index (χ4n) is 4.08. The predicted molar refractivity (Wildman–Crippen MR) is 132 cm³/mol. The first-order valence-corrected chi connectivity index (χ1v) is 11.7. The molecule has 170 valence electrons. The molecule has 0 bridgehead atoms. The van der Waals surface area contributed by atoms with Gasteiger partial charge in [0.15, 0.2) is 0 Å². The van der Waals surface area contributed by atoms with E-state index in [0.717, 1.165) is 48.3 Å². The molecule has 0 spiro atoms. The van der Waals surface area contributed by atoms with Crippen LogP contribution in [0, 0.1) is 25.2 Å². The summed E-state index contributed by atoms with van der Waals surface area (Å²) >= 11 is 3.48. The molecule has 7 nitrogen and oxygen atoms in total. The van der Waals surface area contributed by atoms with E-state index in [9.17, 15) is 5.11 Å². The third-order valence-corrected chi connectivity index (χ3v) is 6.33. The summed E-state index contributed by atoms with van der Waals surface area (Å²) in [5.41, 5.74) is 4.43. The standard InChI is InChI=1S/C25H26BrN5O2/c1-16-10-19(13-27)11-17(2)23(16)33-24-22(26)14-28-25(30-24)29-20-6-8-31(9-7-20)21-5-3-4-18(12-21)15-32/h3-5,10-12,14,20,32H,6-9,15H2,1-2H3,(H,28,29,30). The molecule has 0 amide bonds.